The molecule has 0 bridgehead atoms. The molecule has 0 aliphatic rings. The molecule has 4 heavy (non-hydrogen) atoms. The molecular weight excluding hydrogens is 237 g/mol. The topological polar surface area (TPSA) is 17.1 Å². The monoisotopic (exact) mass is 241 g/mol. The molecule has 2 heteroatoms. The van der Waals surface area contributed by atoms with E-state index in [2.05, 4.69) is 0 Å². The van der Waals surface area contributed by atoms with E-state index >= 15 is 0 Å². The number of hydrogen-bond acceptors (Lipinski definition) is 1. The molecular formula is C2H4AuO. The molecule has 0 fully saturated rings. The van der Waals surface area contributed by atoms with E-state index in [0.717, 1.165) is 6.29 Å². The van der Waals surface area contributed by atoms with Gasteiger partial charge in [0, 0.05) is 22.4 Å². The van der Waals surface area contributed by atoms with Crippen molar-refractivity contribution in [3.05, 3.63) is 0 Å². The van der Waals surface area contributed by atoms with Crippen molar-refractivity contribution in [2.45, 2.75) is 6.92 Å². The second-order valence-corrected chi connectivity index (χ2v) is 0.236. The Labute approximate surface area is 40.9 Å². The zero-order valence-electron chi connectivity index (χ0n) is 2.29. The van der Waals surface area contributed by atoms with E-state index in [-0.39, 0.29) is 22.4 Å². The molecule has 0 heterocycles. The van der Waals surface area contributed by atoms with Gasteiger partial charge in [-0.25, -0.2) is 0 Å². The normalized spacial score (nSPS) is 3.25. The van der Waals surface area contributed by atoms with Crippen LogP contribution in [0.25, 0.3) is 0 Å². The molecule has 0 atom stereocenters. The molecule has 0 aliphatic carbocycles. The number of carbonyl (C=O) groups is 1. The quantitative estimate of drug-likeness (QED) is 0.437. The van der Waals surface area contributed by atoms with Crippen LogP contribution in [0.5, 0.6) is 0 Å². The summed E-state index contributed by atoms with van der Waals surface area (Å²) >= 11 is 0. The Balaban J connectivity index is 0. The first-order valence-corrected chi connectivity index (χ1v) is 0.813. The van der Waals surface area contributed by atoms with Crippen LogP contribution in [0.15, 0.2) is 0 Å². The molecule has 0 aromatic rings. The van der Waals surface area contributed by atoms with Crippen LogP contribution in [0.4, 0.5) is 0 Å². The summed E-state index contributed by atoms with van der Waals surface area (Å²) in [6, 6.07) is 0. The van der Waals surface area contributed by atoms with Crippen LogP contribution in [-0.4, -0.2) is 6.29 Å². The largest absolute Gasteiger partial charge is 0.304 e. The van der Waals surface area contributed by atoms with Gasteiger partial charge in [-0.05, 0) is 6.92 Å². The van der Waals surface area contributed by atoms with Gasteiger partial charge in [0.15, 0.2) is 0 Å². The Kier molecular flexibility index (Phi) is 22.0. The maximum absolute atomic E-state index is 8.81. The van der Waals surface area contributed by atoms with Gasteiger partial charge < -0.3 is 4.79 Å². The van der Waals surface area contributed by atoms with Crippen molar-refractivity contribution in [1.82, 2.24) is 0 Å². The van der Waals surface area contributed by atoms with Crippen LogP contribution in [0.1, 0.15) is 6.92 Å². The summed E-state index contributed by atoms with van der Waals surface area (Å²) in [6.45, 7) is 1.44. The first kappa shape index (κ1) is 8.83. The Morgan fingerprint density at radius 1 is 1.75 bits per heavy atom. The van der Waals surface area contributed by atoms with Gasteiger partial charge in [0.05, 0.1) is 0 Å². The molecule has 0 amide bonds. The van der Waals surface area contributed by atoms with E-state index in [1.807, 2.05) is 0 Å². The minimum Gasteiger partial charge on any atom is -0.304 e. The van der Waals surface area contributed by atoms with Gasteiger partial charge >= 0.3 is 0 Å². The van der Waals surface area contributed by atoms with Crippen molar-refractivity contribution in [1.29, 1.82) is 0 Å². The third kappa shape index (κ3) is 28.5. The second kappa shape index (κ2) is 9.96. The van der Waals surface area contributed by atoms with Gasteiger partial charge in [-0.15, -0.1) is 0 Å². The number of aldehydes is 1. The van der Waals surface area contributed by atoms with Crippen LogP contribution in [0.2, 0.25) is 0 Å². The first-order valence-electron chi connectivity index (χ1n) is 0.813. The minimum atomic E-state index is 0. The fourth-order valence-electron chi connectivity index (χ4n) is 0. The average molecular weight is 241 g/mol. The molecule has 0 rings (SSSR count). The molecule has 0 saturated carbocycles. The molecule has 1 radical (unpaired) electrons. The number of carbonyl (C=O) groups excluding carboxylic acids is 1. The summed E-state index contributed by atoms with van der Waals surface area (Å²) in [4.78, 5) is 8.81. The van der Waals surface area contributed by atoms with Gasteiger partial charge in [0.1, 0.15) is 6.29 Å². The Morgan fingerprint density at radius 2 is 1.75 bits per heavy atom. The molecule has 29 valence electrons. The zero-order chi connectivity index (χ0) is 2.71. The van der Waals surface area contributed by atoms with Gasteiger partial charge in [-0.3, -0.25) is 0 Å². The van der Waals surface area contributed by atoms with E-state index in [9.17, 15) is 0 Å². The smallest absolute Gasteiger partial charge is 0.116 e. The van der Waals surface area contributed by atoms with Crippen molar-refractivity contribution in [3.8, 4) is 0 Å². The fourth-order valence-corrected chi connectivity index (χ4v) is 0. The van der Waals surface area contributed by atoms with E-state index in [4.69, 9.17) is 4.79 Å². The molecule has 0 N–H and O–H groups in total. The van der Waals surface area contributed by atoms with Crippen molar-refractivity contribution in [2.75, 3.05) is 0 Å². The predicted molar refractivity (Wildman–Crippen MR) is 11.7 cm³/mol. The van der Waals surface area contributed by atoms with E-state index in [1.54, 1.807) is 0 Å². The Bertz CT molecular complexity index is 13.5. The maximum atomic E-state index is 8.81. The van der Waals surface area contributed by atoms with E-state index in [0.29, 0.717) is 0 Å². The molecule has 0 spiro atoms. The molecule has 0 aromatic carbocycles. The second-order valence-electron chi connectivity index (χ2n) is 0.236. The van der Waals surface area contributed by atoms with Gasteiger partial charge in [0.2, 0.25) is 0 Å². The SMILES string of the molecule is CC=O.[Au]. The predicted octanol–water partition coefficient (Wildman–Crippen LogP) is 0.203. The van der Waals surface area contributed by atoms with Gasteiger partial charge in [-0.1, -0.05) is 0 Å². The fraction of sp³-hybridized carbons (Fsp3) is 0.500. The van der Waals surface area contributed by atoms with Crippen LogP contribution in [0, 0.1) is 0 Å². The maximum Gasteiger partial charge on any atom is 0.116 e. The summed E-state index contributed by atoms with van der Waals surface area (Å²) < 4.78 is 0. The summed E-state index contributed by atoms with van der Waals surface area (Å²) in [6.07, 6.45) is 0.750. The molecule has 0 unspecified atom stereocenters. The Hall–Kier alpha value is 0.410. The third-order valence-corrected chi connectivity index (χ3v) is 0. The number of rotatable bonds is 0. The first-order chi connectivity index (χ1) is 1.41. The molecule has 0 aliphatic heterocycles. The third-order valence-electron chi connectivity index (χ3n) is 0. The summed E-state index contributed by atoms with van der Waals surface area (Å²) in [5.41, 5.74) is 0. The zero-order valence-corrected chi connectivity index (χ0v) is 4.45. The van der Waals surface area contributed by atoms with Crippen LogP contribution in [-0.2, 0) is 27.2 Å². The molecule has 1 nitrogen and oxygen atoms in total. The average Bonchev–Trinajstić information content (AvgIpc) is 0.918. The summed E-state index contributed by atoms with van der Waals surface area (Å²) in [7, 11) is 0. The standard InChI is InChI=1S/C2H4O.Au/c1-2-3;/h2H,1H3;. The Morgan fingerprint density at radius 3 is 1.75 bits per heavy atom. The van der Waals surface area contributed by atoms with Crippen LogP contribution < -0.4 is 0 Å². The summed E-state index contributed by atoms with van der Waals surface area (Å²) in [5, 5.41) is 0. The number of hydrogen-bond donors (Lipinski definition) is 0. The van der Waals surface area contributed by atoms with Crippen molar-refractivity contribution in [2.24, 2.45) is 0 Å². The molecule has 0 saturated heterocycles. The van der Waals surface area contributed by atoms with Crippen molar-refractivity contribution in [3.63, 3.8) is 0 Å². The van der Waals surface area contributed by atoms with E-state index < -0.39 is 0 Å². The van der Waals surface area contributed by atoms with Gasteiger partial charge in [-0.2, -0.15) is 0 Å². The van der Waals surface area contributed by atoms with Crippen LogP contribution >= 0.6 is 0 Å². The minimum absolute atomic E-state index is 0. The van der Waals surface area contributed by atoms with Gasteiger partial charge in [0.25, 0.3) is 0 Å². The van der Waals surface area contributed by atoms with E-state index in [1.165, 1.54) is 6.92 Å². The van der Waals surface area contributed by atoms with Crippen LogP contribution in [0.3, 0.4) is 0 Å². The molecule has 0 aromatic heterocycles. The van der Waals surface area contributed by atoms with Crippen molar-refractivity contribution >= 4 is 6.29 Å². The van der Waals surface area contributed by atoms with Crippen molar-refractivity contribution < 1.29 is 27.2 Å². The summed E-state index contributed by atoms with van der Waals surface area (Å²) in [5.74, 6) is 0.